The monoisotopic (exact) mass is 298 g/mol. The zero-order chi connectivity index (χ0) is 15.9. The Morgan fingerprint density at radius 1 is 1.00 bits per heavy atom. The van der Waals surface area contributed by atoms with Gasteiger partial charge >= 0.3 is 0 Å². The molecule has 1 saturated heterocycles. The Kier molecular flexibility index (Phi) is 8.22. The Labute approximate surface area is 132 Å². The van der Waals surface area contributed by atoms with Gasteiger partial charge in [0, 0.05) is 38.9 Å². The third-order valence-corrected chi connectivity index (χ3v) is 4.47. The van der Waals surface area contributed by atoms with Crippen LogP contribution in [-0.2, 0) is 4.74 Å². The molecule has 21 heavy (non-hydrogen) atoms. The zero-order valence-corrected chi connectivity index (χ0v) is 15.2. The first-order chi connectivity index (χ1) is 9.84. The summed E-state index contributed by atoms with van der Waals surface area (Å²) in [5.74, 6) is 1.45. The van der Waals surface area contributed by atoms with Crippen molar-refractivity contribution in [2.45, 2.75) is 60.4 Å². The summed E-state index contributed by atoms with van der Waals surface area (Å²) in [6, 6.07) is 0.622. The van der Waals surface area contributed by atoms with Gasteiger partial charge in [0.1, 0.15) is 0 Å². The lowest BCUT2D eigenvalue weighted by atomic mass is 9.79. The van der Waals surface area contributed by atoms with Crippen LogP contribution in [0.2, 0.25) is 0 Å². The van der Waals surface area contributed by atoms with E-state index in [1.807, 2.05) is 0 Å². The van der Waals surface area contributed by atoms with Crippen LogP contribution in [0.4, 0.5) is 0 Å². The Balaban J connectivity index is 2.65. The van der Waals surface area contributed by atoms with Gasteiger partial charge in [0.05, 0.1) is 0 Å². The maximum Gasteiger partial charge on any atom is 0.0472 e. The summed E-state index contributed by atoms with van der Waals surface area (Å²) >= 11 is 0. The normalized spacial score (nSPS) is 19.1. The van der Waals surface area contributed by atoms with E-state index < -0.39 is 0 Å². The molecule has 1 rings (SSSR count). The molecule has 0 aromatic heterocycles. The molecule has 0 bridgehead atoms. The Morgan fingerprint density at radius 3 is 2.10 bits per heavy atom. The van der Waals surface area contributed by atoms with E-state index in [9.17, 15) is 0 Å². The lowest BCUT2D eigenvalue weighted by Gasteiger charge is -2.43. The summed E-state index contributed by atoms with van der Waals surface area (Å²) in [5, 5.41) is 3.71. The van der Waals surface area contributed by atoms with Gasteiger partial charge < -0.3 is 15.0 Å². The fourth-order valence-electron chi connectivity index (χ4n) is 3.18. The van der Waals surface area contributed by atoms with Gasteiger partial charge in [0.25, 0.3) is 0 Å². The summed E-state index contributed by atoms with van der Waals surface area (Å²) in [6.07, 6.45) is 2.39. The van der Waals surface area contributed by atoms with Gasteiger partial charge in [-0.25, -0.2) is 0 Å². The lowest BCUT2D eigenvalue weighted by Crippen LogP contribution is -2.50. The van der Waals surface area contributed by atoms with Crippen LogP contribution in [0.25, 0.3) is 0 Å². The number of rotatable bonds is 9. The molecule has 0 atom stereocenters. The van der Waals surface area contributed by atoms with Gasteiger partial charge in [0.15, 0.2) is 0 Å². The van der Waals surface area contributed by atoms with E-state index >= 15 is 0 Å². The molecule has 0 saturated carbocycles. The van der Waals surface area contributed by atoms with E-state index in [1.54, 1.807) is 0 Å². The Bertz CT molecular complexity index is 270. The summed E-state index contributed by atoms with van der Waals surface area (Å²) in [6.45, 7) is 20.4. The molecule has 0 radical (unpaired) electrons. The van der Waals surface area contributed by atoms with Crippen molar-refractivity contribution in [2.75, 3.05) is 39.4 Å². The lowest BCUT2D eigenvalue weighted by molar-refractivity contribution is -0.0117. The molecule has 0 amide bonds. The Morgan fingerprint density at radius 2 is 1.62 bits per heavy atom. The van der Waals surface area contributed by atoms with Crippen molar-refractivity contribution < 1.29 is 4.74 Å². The highest BCUT2D eigenvalue weighted by atomic mass is 16.5. The summed E-state index contributed by atoms with van der Waals surface area (Å²) in [7, 11) is 0. The van der Waals surface area contributed by atoms with Crippen molar-refractivity contribution in [2.24, 2.45) is 17.3 Å². The standard InChI is InChI=1S/C18H38N2O/c1-15(2)11-19-13-18(7-9-21-10-8-18)14-20(17(5)6)12-16(3)4/h15-17,19H,7-14H2,1-6H3. The molecule has 0 aromatic rings. The molecule has 126 valence electrons. The van der Waals surface area contributed by atoms with Gasteiger partial charge in [0.2, 0.25) is 0 Å². The third-order valence-electron chi connectivity index (χ3n) is 4.47. The molecule has 1 fully saturated rings. The highest BCUT2D eigenvalue weighted by molar-refractivity contribution is 4.88. The molecule has 1 aliphatic rings. The van der Waals surface area contributed by atoms with Gasteiger partial charge in [-0.05, 0) is 50.5 Å². The average Bonchev–Trinajstić information content (AvgIpc) is 2.38. The van der Waals surface area contributed by atoms with Crippen molar-refractivity contribution >= 4 is 0 Å². The van der Waals surface area contributed by atoms with Gasteiger partial charge in [-0.2, -0.15) is 0 Å². The average molecular weight is 299 g/mol. The molecule has 1 N–H and O–H groups in total. The van der Waals surface area contributed by atoms with Crippen LogP contribution in [0.15, 0.2) is 0 Å². The molecule has 0 aliphatic carbocycles. The quantitative estimate of drug-likeness (QED) is 0.706. The highest BCUT2D eigenvalue weighted by Crippen LogP contribution is 2.32. The fourth-order valence-corrected chi connectivity index (χ4v) is 3.18. The predicted octanol–water partition coefficient (Wildman–Crippen LogP) is 3.40. The van der Waals surface area contributed by atoms with Crippen molar-refractivity contribution in [1.29, 1.82) is 0 Å². The maximum atomic E-state index is 5.63. The molecule has 0 aromatic carbocycles. The van der Waals surface area contributed by atoms with Crippen LogP contribution < -0.4 is 5.32 Å². The smallest absolute Gasteiger partial charge is 0.0472 e. The zero-order valence-electron chi connectivity index (χ0n) is 15.2. The SMILES string of the molecule is CC(C)CNCC1(CN(CC(C)C)C(C)C)CCOCC1. The summed E-state index contributed by atoms with van der Waals surface area (Å²) in [4.78, 5) is 2.67. The minimum atomic E-state index is 0.395. The van der Waals surface area contributed by atoms with Crippen molar-refractivity contribution in [3.05, 3.63) is 0 Å². The minimum Gasteiger partial charge on any atom is -0.381 e. The van der Waals surface area contributed by atoms with E-state index in [0.717, 1.165) is 38.1 Å². The summed E-state index contributed by atoms with van der Waals surface area (Å²) < 4.78 is 5.63. The summed E-state index contributed by atoms with van der Waals surface area (Å²) in [5.41, 5.74) is 0.395. The van der Waals surface area contributed by atoms with Crippen LogP contribution >= 0.6 is 0 Å². The molecule has 1 heterocycles. The number of nitrogens with one attached hydrogen (secondary N) is 1. The largest absolute Gasteiger partial charge is 0.381 e. The molecule has 0 spiro atoms. The molecular weight excluding hydrogens is 260 g/mol. The topological polar surface area (TPSA) is 24.5 Å². The predicted molar refractivity (Wildman–Crippen MR) is 91.7 cm³/mol. The number of nitrogens with zero attached hydrogens (tertiary/aromatic N) is 1. The fraction of sp³-hybridized carbons (Fsp3) is 1.00. The second-order valence-corrected chi connectivity index (χ2v) is 8.05. The van der Waals surface area contributed by atoms with Crippen LogP contribution in [0.5, 0.6) is 0 Å². The first-order valence-corrected chi connectivity index (χ1v) is 8.87. The molecule has 0 unspecified atom stereocenters. The van der Waals surface area contributed by atoms with E-state index in [1.165, 1.54) is 25.9 Å². The molecule has 3 nitrogen and oxygen atoms in total. The highest BCUT2D eigenvalue weighted by Gasteiger charge is 2.34. The van der Waals surface area contributed by atoms with E-state index in [0.29, 0.717) is 11.5 Å². The number of ether oxygens (including phenoxy) is 1. The molecular formula is C18H38N2O. The van der Waals surface area contributed by atoms with Crippen LogP contribution in [0.3, 0.4) is 0 Å². The van der Waals surface area contributed by atoms with Crippen LogP contribution in [-0.4, -0.2) is 50.3 Å². The van der Waals surface area contributed by atoms with Gasteiger partial charge in [-0.1, -0.05) is 27.7 Å². The Hall–Kier alpha value is -0.120. The van der Waals surface area contributed by atoms with Crippen molar-refractivity contribution in [3.8, 4) is 0 Å². The maximum absolute atomic E-state index is 5.63. The van der Waals surface area contributed by atoms with Crippen molar-refractivity contribution in [3.63, 3.8) is 0 Å². The van der Waals surface area contributed by atoms with E-state index in [4.69, 9.17) is 4.74 Å². The van der Waals surface area contributed by atoms with Crippen molar-refractivity contribution in [1.82, 2.24) is 10.2 Å². The van der Waals surface area contributed by atoms with Gasteiger partial charge in [-0.15, -0.1) is 0 Å². The third kappa shape index (κ3) is 7.12. The molecule has 1 aliphatic heterocycles. The van der Waals surface area contributed by atoms with E-state index in [-0.39, 0.29) is 0 Å². The first-order valence-electron chi connectivity index (χ1n) is 8.87. The van der Waals surface area contributed by atoms with Crippen LogP contribution in [0.1, 0.15) is 54.4 Å². The molecule has 3 heteroatoms. The van der Waals surface area contributed by atoms with Gasteiger partial charge in [-0.3, -0.25) is 0 Å². The van der Waals surface area contributed by atoms with Crippen LogP contribution in [0, 0.1) is 17.3 Å². The number of hydrogen-bond donors (Lipinski definition) is 1. The van der Waals surface area contributed by atoms with E-state index in [2.05, 4.69) is 51.8 Å². The minimum absolute atomic E-state index is 0.395. The second kappa shape index (κ2) is 9.12. The second-order valence-electron chi connectivity index (χ2n) is 8.05. The number of hydrogen-bond acceptors (Lipinski definition) is 3. The first kappa shape index (κ1) is 18.9.